The molecule has 1 aliphatic rings. The molecule has 0 spiro atoms. The zero-order valence-corrected chi connectivity index (χ0v) is 15.9. The molecule has 1 heterocycles. The molecule has 2 rings (SSSR count). The van der Waals surface area contributed by atoms with Crippen LogP contribution in [0.4, 0.5) is 23.7 Å². The molecule has 0 aromatic heterocycles. The Bertz CT molecular complexity index is 815. The van der Waals surface area contributed by atoms with Gasteiger partial charge in [-0.2, -0.15) is 13.2 Å². The molecular formula is C17H17ClF3N3O5. The number of hydrogen-bond donors (Lipinski definition) is 2. The third-order valence-electron chi connectivity index (χ3n) is 3.93. The number of anilines is 1. The minimum atomic E-state index is -4.62. The summed E-state index contributed by atoms with van der Waals surface area (Å²) in [6.07, 6.45) is -5.95. The largest absolute Gasteiger partial charge is 0.453 e. The van der Waals surface area contributed by atoms with Crippen molar-refractivity contribution in [1.29, 1.82) is 0 Å². The summed E-state index contributed by atoms with van der Waals surface area (Å²) >= 11 is 5.80. The zero-order valence-electron chi connectivity index (χ0n) is 15.1. The number of amides is 4. The van der Waals surface area contributed by atoms with Gasteiger partial charge in [0.2, 0.25) is 5.91 Å². The van der Waals surface area contributed by atoms with E-state index < -0.39 is 41.7 Å². The first-order chi connectivity index (χ1) is 13.5. The van der Waals surface area contributed by atoms with Gasteiger partial charge in [0, 0.05) is 13.0 Å². The molecule has 0 bridgehead atoms. The van der Waals surface area contributed by atoms with E-state index in [1.807, 2.05) is 0 Å². The number of halogens is 4. The number of alkyl halides is 3. The molecule has 1 atom stereocenters. The van der Waals surface area contributed by atoms with E-state index in [2.05, 4.69) is 10.6 Å². The molecule has 12 heteroatoms. The number of urea groups is 1. The van der Waals surface area contributed by atoms with Gasteiger partial charge in [-0.25, -0.2) is 4.79 Å². The average Bonchev–Trinajstić information content (AvgIpc) is 2.94. The summed E-state index contributed by atoms with van der Waals surface area (Å²) in [6, 6.07) is 1.89. The van der Waals surface area contributed by atoms with E-state index in [-0.39, 0.29) is 36.6 Å². The van der Waals surface area contributed by atoms with Gasteiger partial charge in [0.05, 0.1) is 22.8 Å². The molecule has 1 saturated heterocycles. The zero-order chi connectivity index (χ0) is 21.8. The monoisotopic (exact) mass is 435 g/mol. The van der Waals surface area contributed by atoms with Crippen LogP contribution in [0.1, 0.15) is 25.3 Å². The number of hydrogen-bond acceptors (Lipinski definition) is 5. The van der Waals surface area contributed by atoms with Crippen LogP contribution in [0.25, 0.3) is 0 Å². The van der Waals surface area contributed by atoms with Crippen molar-refractivity contribution in [2.24, 2.45) is 0 Å². The molecule has 1 aliphatic heterocycles. The van der Waals surface area contributed by atoms with Gasteiger partial charge in [0.1, 0.15) is 0 Å². The highest BCUT2D eigenvalue weighted by atomic mass is 35.5. The van der Waals surface area contributed by atoms with Gasteiger partial charge in [0.15, 0.2) is 6.10 Å². The van der Waals surface area contributed by atoms with Crippen LogP contribution in [-0.2, 0) is 25.3 Å². The fourth-order valence-electron chi connectivity index (χ4n) is 2.40. The van der Waals surface area contributed by atoms with E-state index in [0.29, 0.717) is 6.07 Å². The number of nitrogens with one attached hydrogen (secondary N) is 2. The third-order valence-corrected chi connectivity index (χ3v) is 4.26. The van der Waals surface area contributed by atoms with E-state index >= 15 is 0 Å². The lowest BCUT2D eigenvalue weighted by Crippen LogP contribution is -2.33. The number of nitrogens with zero attached hydrogens (tertiary/aromatic N) is 1. The normalized spacial score (nSPS) is 15.1. The van der Waals surface area contributed by atoms with Crippen molar-refractivity contribution < 1.29 is 37.1 Å². The lowest BCUT2D eigenvalue weighted by molar-refractivity contribution is -0.153. The second-order valence-electron chi connectivity index (χ2n) is 6.12. The van der Waals surface area contributed by atoms with Gasteiger partial charge in [-0.3, -0.25) is 19.3 Å². The fraction of sp³-hybridized carbons (Fsp3) is 0.412. The molecule has 8 nitrogen and oxygen atoms in total. The number of imide groups is 1. The molecule has 2 N–H and O–H groups in total. The average molecular weight is 436 g/mol. The van der Waals surface area contributed by atoms with Crippen LogP contribution in [-0.4, -0.2) is 47.9 Å². The van der Waals surface area contributed by atoms with Gasteiger partial charge in [-0.15, -0.1) is 0 Å². The number of benzene rings is 1. The minimum absolute atomic E-state index is 0.0141. The Balaban J connectivity index is 1.85. The van der Waals surface area contributed by atoms with Crippen LogP contribution in [0.3, 0.4) is 0 Å². The first-order valence-electron chi connectivity index (χ1n) is 8.44. The van der Waals surface area contributed by atoms with Crippen molar-refractivity contribution in [2.45, 2.75) is 32.0 Å². The predicted molar refractivity (Wildman–Crippen MR) is 95.0 cm³/mol. The van der Waals surface area contributed by atoms with Crippen LogP contribution in [0.2, 0.25) is 5.02 Å². The lowest BCUT2D eigenvalue weighted by Gasteiger charge is -2.16. The topological polar surface area (TPSA) is 105 Å². The molecule has 1 aromatic carbocycles. The summed E-state index contributed by atoms with van der Waals surface area (Å²) in [5.74, 6) is -2.04. The molecule has 1 fully saturated rings. The molecule has 0 aliphatic carbocycles. The van der Waals surface area contributed by atoms with Gasteiger partial charge in [-0.05, 0) is 31.5 Å². The number of carbonyl (C=O) groups is 4. The van der Waals surface area contributed by atoms with Crippen molar-refractivity contribution in [3.63, 3.8) is 0 Å². The van der Waals surface area contributed by atoms with Crippen LogP contribution in [0.5, 0.6) is 0 Å². The van der Waals surface area contributed by atoms with Crippen LogP contribution in [0, 0.1) is 0 Å². The quantitative estimate of drug-likeness (QED) is 0.506. The maximum atomic E-state index is 12.8. The van der Waals surface area contributed by atoms with E-state index in [4.69, 9.17) is 16.3 Å². The molecule has 29 heavy (non-hydrogen) atoms. The number of carbonyl (C=O) groups excluding carboxylic acids is 4. The van der Waals surface area contributed by atoms with E-state index in [1.54, 1.807) is 0 Å². The van der Waals surface area contributed by atoms with Crippen molar-refractivity contribution in [1.82, 2.24) is 10.2 Å². The number of rotatable bonds is 7. The summed E-state index contributed by atoms with van der Waals surface area (Å²) in [4.78, 5) is 47.6. The second-order valence-corrected chi connectivity index (χ2v) is 6.53. The molecule has 0 radical (unpaired) electrons. The van der Waals surface area contributed by atoms with Crippen LogP contribution >= 0.6 is 11.6 Å². The molecule has 1 aromatic rings. The predicted octanol–water partition coefficient (Wildman–Crippen LogP) is 2.56. The SMILES string of the molecule is CC(OC(=O)CCCN1C(=O)CNC1=O)C(=O)Nc1cc(C(F)(F)F)ccc1Cl. The molecule has 158 valence electrons. The van der Waals surface area contributed by atoms with Crippen LogP contribution < -0.4 is 10.6 Å². The maximum absolute atomic E-state index is 12.8. The molecule has 4 amide bonds. The molecular weight excluding hydrogens is 419 g/mol. The summed E-state index contributed by atoms with van der Waals surface area (Å²) in [5.41, 5.74) is -1.27. The molecule has 0 saturated carbocycles. The van der Waals surface area contributed by atoms with E-state index in [0.717, 1.165) is 17.0 Å². The van der Waals surface area contributed by atoms with Crippen LogP contribution in [0.15, 0.2) is 18.2 Å². The van der Waals surface area contributed by atoms with Gasteiger partial charge in [-0.1, -0.05) is 11.6 Å². The van der Waals surface area contributed by atoms with Gasteiger partial charge in [0.25, 0.3) is 5.91 Å². The maximum Gasteiger partial charge on any atom is 0.416 e. The highest BCUT2D eigenvalue weighted by Gasteiger charge is 2.31. The van der Waals surface area contributed by atoms with Crippen molar-refractivity contribution >= 4 is 41.1 Å². The van der Waals surface area contributed by atoms with Crippen molar-refractivity contribution in [2.75, 3.05) is 18.4 Å². The lowest BCUT2D eigenvalue weighted by atomic mass is 10.2. The third kappa shape index (κ3) is 6.08. The van der Waals surface area contributed by atoms with E-state index in [1.165, 1.54) is 6.92 Å². The summed E-state index contributed by atoms with van der Waals surface area (Å²) < 4.78 is 43.2. The highest BCUT2D eigenvalue weighted by Crippen LogP contribution is 2.33. The Morgan fingerprint density at radius 3 is 2.62 bits per heavy atom. The van der Waals surface area contributed by atoms with Gasteiger partial charge >= 0.3 is 18.2 Å². The van der Waals surface area contributed by atoms with Gasteiger partial charge < -0.3 is 15.4 Å². The fourth-order valence-corrected chi connectivity index (χ4v) is 2.57. The Hall–Kier alpha value is -2.82. The summed E-state index contributed by atoms with van der Waals surface area (Å²) in [6.45, 7) is 1.16. The van der Waals surface area contributed by atoms with E-state index in [9.17, 15) is 32.3 Å². The summed E-state index contributed by atoms with van der Waals surface area (Å²) in [7, 11) is 0. The Morgan fingerprint density at radius 1 is 1.34 bits per heavy atom. The smallest absolute Gasteiger partial charge is 0.416 e. The Kier molecular flexibility index (Phi) is 7.07. The number of esters is 1. The minimum Gasteiger partial charge on any atom is -0.453 e. The van der Waals surface area contributed by atoms with Crippen molar-refractivity contribution in [3.8, 4) is 0 Å². The standard InChI is InChI=1S/C17H17ClF3N3O5/c1-9(29-14(26)3-2-6-24-13(25)8-22-16(24)28)15(27)23-12-7-10(17(19,20)21)4-5-11(12)18/h4-5,7,9H,2-3,6,8H2,1H3,(H,22,28)(H,23,27). The number of ether oxygens (including phenoxy) is 1. The first kappa shape index (κ1) is 22.5. The highest BCUT2D eigenvalue weighted by molar-refractivity contribution is 6.33. The van der Waals surface area contributed by atoms with Crippen molar-refractivity contribution in [3.05, 3.63) is 28.8 Å². The molecule has 1 unspecified atom stereocenters. The first-order valence-corrected chi connectivity index (χ1v) is 8.82. The Morgan fingerprint density at radius 2 is 2.03 bits per heavy atom. The second kappa shape index (κ2) is 9.12. The Labute approximate surface area is 168 Å². The summed E-state index contributed by atoms with van der Waals surface area (Å²) in [5, 5.41) is 4.41.